The number of nitrogens with zero attached hydrogens (tertiary/aromatic N) is 2. The molecule has 0 atom stereocenters. The van der Waals surface area contributed by atoms with E-state index in [0.29, 0.717) is 43.1 Å². The van der Waals surface area contributed by atoms with Crippen LogP contribution in [0.5, 0.6) is 11.5 Å². The number of carbonyl (C=O) groups is 2. The third kappa shape index (κ3) is 3.42. The molecule has 2 amide bonds. The Hall–Kier alpha value is -2.28. The van der Waals surface area contributed by atoms with E-state index in [4.69, 9.17) is 9.47 Å². The number of benzene rings is 1. The summed E-state index contributed by atoms with van der Waals surface area (Å²) in [7, 11) is 5.14. The fraction of sp³-hybridized carbons (Fsp3) is 0.556. The van der Waals surface area contributed by atoms with E-state index in [0.717, 1.165) is 13.1 Å². The van der Waals surface area contributed by atoms with Crippen molar-refractivity contribution in [2.45, 2.75) is 12.8 Å². The number of ether oxygens (including phenoxy) is 2. The van der Waals surface area contributed by atoms with E-state index in [1.807, 2.05) is 11.9 Å². The summed E-state index contributed by atoms with van der Waals surface area (Å²) in [5, 5.41) is 2.87. The first-order valence-corrected chi connectivity index (χ1v) is 8.51. The highest BCUT2D eigenvalue weighted by Gasteiger charge is 2.58. The smallest absolute Gasteiger partial charge is 0.240 e. The summed E-state index contributed by atoms with van der Waals surface area (Å²) >= 11 is 0. The first-order valence-electron chi connectivity index (χ1n) is 8.51. The quantitative estimate of drug-likeness (QED) is 0.811. The summed E-state index contributed by atoms with van der Waals surface area (Å²) in [6, 6.07) is 5.18. The number of carbonyl (C=O) groups excluding carboxylic acids is 2. The Kier molecular flexibility index (Phi) is 4.85. The number of piperazine rings is 1. The minimum absolute atomic E-state index is 0.0504. The minimum atomic E-state index is -0.916. The number of nitrogens with one attached hydrogen (secondary N) is 1. The van der Waals surface area contributed by atoms with Crippen molar-refractivity contribution in [3.05, 3.63) is 18.2 Å². The van der Waals surface area contributed by atoms with Crippen molar-refractivity contribution in [1.29, 1.82) is 0 Å². The average Bonchev–Trinajstić information content (AvgIpc) is 3.44. The SMILES string of the molecule is COc1ccc(NC(=O)C2(C(=O)N3CCN(C)CC3)CC2)c(OC)c1. The molecule has 2 fully saturated rings. The van der Waals surface area contributed by atoms with E-state index in [1.165, 1.54) is 7.11 Å². The van der Waals surface area contributed by atoms with Gasteiger partial charge in [-0.25, -0.2) is 0 Å². The van der Waals surface area contributed by atoms with Crippen LogP contribution in [0.25, 0.3) is 0 Å². The molecule has 0 bridgehead atoms. The molecule has 0 unspecified atom stereocenters. The van der Waals surface area contributed by atoms with Crippen LogP contribution in [0.3, 0.4) is 0 Å². The zero-order chi connectivity index (χ0) is 18.0. The molecule has 3 rings (SSSR count). The Morgan fingerprint density at radius 3 is 2.32 bits per heavy atom. The lowest BCUT2D eigenvalue weighted by Gasteiger charge is -2.34. The van der Waals surface area contributed by atoms with Gasteiger partial charge in [0.1, 0.15) is 16.9 Å². The second-order valence-electron chi connectivity index (χ2n) is 6.70. The number of hydrogen-bond acceptors (Lipinski definition) is 5. The van der Waals surface area contributed by atoms with Crippen molar-refractivity contribution in [3.8, 4) is 11.5 Å². The van der Waals surface area contributed by atoms with Gasteiger partial charge in [0.15, 0.2) is 0 Å². The van der Waals surface area contributed by atoms with Crippen LogP contribution >= 0.6 is 0 Å². The molecular formula is C18H25N3O4. The van der Waals surface area contributed by atoms with Crippen molar-refractivity contribution in [1.82, 2.24) is 9.80 Å². The molecule has 1 aliphatic heterocycles. The lowest BCUT2D eigenvalue weighted by Crippen LogP contribution is -2.51. The molecule has 0 aromatic heterocycles. The molecule has 1 N–H and O–H groups in total. The highest BCUT2D eigenvalue weighted by atomic mass is 16.5. The molecule has 25 heavy (non-hydrogen) atoms. The Morgan fingerprint density at radius 1 is 1.08 bits per heavy atom. The summed E-state index contributed by atoms with van der Waals surface area (Å²) < 4.78 is 10.5. The molecular weight excluding hydrogens is 322 g/mol. The molecule has 1 saturated heterocycles. The third-order valence-corrected chi connectivity index (χ3v) is 5.04. The highest BCUT2D eigenvalue weighted by molar-refractivity contribution is 6.13. The Balaban J connectivity index is 1.71. The van der Waals surface area contributed by atoms with Gasteiger partial charge in [-0.1, -0.05) is 0 Å². The van der Waals surface area contributed by atoms with Gasteiger partial charge in [0.25, 0.3) is 0 Å². The zero-order valence-corrected chi connectivity index (χ0v) is 15.0. The lowest BCUT2D eigenvalue weighted by molar-refractivity contribution is -0.143. The first kappa shape index (κ1) is 17.5. The van der Waals surface area contributed by atoms with E-state index >= 15 is 0 Å². The molecule has 1 aromatic rings. The molecule has 0 radical (unpaired) electrons. The van der Waals surface area contributed by atoms with Crippen LogP contribution in [0.4, 0.5) is 5.69 Å². The lowest BCUT2D eigenvalue weighted by atomic mass is 10.0. The van der Waals surface area contributed by atoms with Crippen LogP contribution in [0, 0.1) is 5.41 Å². The van der Waals surface area contributed by atoms with Crippen LogP contribution in [-0.4, -0.2) is 69.1 Å². The molecule has 7 nitrogen and oxygen atoms in total. The van der Waals surface area contributed by atoms with E-state index in [1.54, 1.807) is 25.3 Å². The molecule has 1 saturated carbocycles. The summed E-state index contributed by atoms with van der Waals surface area (Å²) in [5.74, 6) is 0.852. The van der Waals surface area contributed by atoms with Gasteiger partial charge in [0.2, 0.25) is 11.8 Å². The number of amides is 2. The van der Waals surface area contributed by atoms with Gasteiger partial charge in [-0.05, 0) is 32.0 Å². The molecule has 1 aromatic carbocycles. The molecule has 1 heterocycles. The van der Waals surface area contributed by atoms with Crippen molar-refractivity contribution >= 4 is 17.5 Å². The van der Waals surface area contributed by atoms with E-state index < -0.39 is 5.41 Å². The second kappa shape index (κ2) is 6.92. The van der Waals surface area contributed by atoms with Gasteiger partial charge in [-0.2, -0.15) is 0 Å². The maximum absolute atomic E-state index is 12.9. The topological polar surface area (TPSA) is 71.1 Å². The van der Waals surface area contributed by atoms with E-state index in [2.05, 4.69) is 10.2 Å². The van der Waals surface area contributed by atoms with Crippen LogP contribution in [0.1, 0.15) is 12.8 Å². The number of methoxy groups -OCH3 is 2. The highest BCUT2D eigenvalue weighted by Crippen LogP contribution is 2.48. The monoisotopic (exact) mass is 347 g/mol. The van der Waals surface area contributed by atoms with Crippen molar-refractivity contribution in [2.24, 2.45) is 5.41 Å². The Bertz CT molecular complexity index is 664. The third-order valence-electron chi connectivity index (χ3n) is 5.04. The van der Waals surface area contributed by atoms with Gasteiger partial charge in [-0.3, -0.25) is 9.59 Å². The number of hydrogen-bond donors (Lipinski definition) is 1. The number of anilines is 1. The Morgan fingerprint density at radius 2 is 1.76 bits per heavy atom. The average molecular weight is 347 g/mol. The standard InChI is InChI=1S/C18H25N3O4/c1-20-8-10-21(11-9-20)17(23)18(6-7-18)16(22)19-14-5-4-13(24-2)12-15(14)25-3/h4-5,12H,6-11H2,1-3H3,(H,19,22). The van der Waals surface area contributed by atoms with Crippen LogP contribution in [0.2, 0.25) is 0 Å². The molecule has 7 heteroatoms. The predicted octanol–water partition coefficient (Wildman–Crippen LogP) is 1.20. The van der Waals surface area contributed by atoms with Crippen LogP contribution < -0.4 is 14.8 Å². The van der Waals surface area contributed by atoms with Crippen molar-refractivity contribution in [3.63, 3.8) is 0 Å². The normalized spacial score (nSPS) is 19.2. The second-order valence-corrected chi connectivity index (χ2v) is 6.70. The van der Waals surface area contributed by atoms with E-state index in [-0.39, 0.29) is 11.8 Å². The first-order chi connectivity index (χ1) is 12.0. The van der Waals surface area contributed by atoms with E-state index in [9.17, 15) is 9.59 Å². The molecule has 1 aliphatic carbocycles. The van der Waals surface area contributed by atoms with Gasteiger partial charge in [0, 0.05) is 32.2 Å². The predicted molar refractivity (Wildman–Crippen MR) is 93.9 cm³/mol. The summed E-state index contributed by atoms with van der Waals surface area (Å²) in [4.78, 5) is 29.7. The zero-order valence-electron chi connectivity index (χ0n) is 15.0. The fourth-order valence-electron chi connectivity index (χ4n) is 3.12. The van der Waals surface area contributed by atoms with Crippen molar-refractivity contribution in [2.75, 3.05) is 52.8 Å². The summed E-state index contributed by atoms with van der Waals surface area (Å²) in [6.45, 7) is 3.04. The van der Waals surface area contributed by atoms with Gasteiger partial charge in [-0.15, -0.1) is 0 Å². The summed E-state index contributed by atoms with van der Waals surface area (Å²) in [5.41, 5.74) is -0.369. The largest absolute Gasteiger partial charge is 0.497 e. The molecule has 2 aliphatic rings. The summed E-state index contributed by atoms with van der Waals surface area (Å²) in [6.07, 6.45) is 1.20. The van der Waals surface area contributed by atoms with Gasteiger partial charge in [0.05, 0.1) is 19.9 Å². The molecule has 0 spiro atoms. The van der Waals surface area contributed by atoms with Crippen molar-refractivity contribution < 1.29 is 19.1 Å². The molecule has 136 valence electrons. The van der Waals surface area contributed by atoms with Gasteiger partial charge >= 0.3 is 0 Å². The number of likely N-dealkylation sites (N-methyl/N-ethyl adjacent to an activating group) is 1. The Labute approximate surface area is 147 Å². The maximum Gasteiger partial charge on any atom is 0.240 e. The van der Waals surface area contributed by atoms with Crippen LogP contribution in [0.15, 0.2) is 18.2 Å². The fourth-order valence-corrected chi connectivity index (χ4v) is 3.12. The van der Waals surface area contributed by atoms with Gasteiger partial charge < -0.3 is 24.6 Å². The number of rotatable bonds is 5. The maximum atomic E-state index is 12.9. The van der Waals surface area contributed by atoms with Crippen LogP contribution in [-0.2, 0) is 9.59 Å². The minimum Gasteiger partial charge on any atom is -0.497 e.